The molecule has 0 spiro atoms. The molecule has 8 heteroatoms. The van der Waals surface area contributed by atoms with Crippen LogP contribution in [0.3, 0.4) is 0 Å². The van der Waals surface area contributed by atoms with Crippen molar-refractivity contribution in [1.29, 1.82) is 0 Å². The van der Waals surface area contributed by atoms with E-state index in [0.717, 1.165) is 26.8 Å². The summed E-state index contributed by atoms with van der Waals surface area (Å²) >= 11 is 1.29. The van der Waals surface area contributed by atoms with E-state index in [4.69, 9.17) is 10.5 Å². The number of hydrogen-bond donors (Lipinski definition) is 2. The van der Waals surface area contributed by atoms with Crippen molar-refractivity contribution >= 4 is 45.0 Å². The van der Waals surface area contributed by atoms with Crippen LogP contribution in [0.25, 0.3) is 10.8 Å². The van der Waals surface area contributed by atoms with Crippen LogP contribution < -0.4 is 11.1 Å². The molecule has 160 valence electrons. The number of benzene rings is 2. The van der Waals surface area contributed by atoms with E-state index in [9.17, 15) is 14.4 Å². The first-order valence-electron chi connectivity index (χ1n) is 10.1. The number of hydrogen-bond acceptors (Lipinski definition) is 5. The van der Waals surface area contributed by atoms with Crippen LogP contribution in [-0.4, -0.2) is 36.0 Å². The molecule has 0 aliphatic carbocycles. The van der Waals surface area contributed by atoms with Gasteiger partial charge in [-0.2, -0.15) is 0 Å². The fourth-order valence-electron chi connectivity index (χ4n) is 3.83. The molecule has 7 nitrogen and oxygen atoms in total. The van der Waals surface area contributed by atoms with Crippen LogP contribution in [0.5, 0.6) is 0 Å². The first-order chi connectivity index (χ1) is 15.0. The van der Waals surface area contributed by atoms with E-state index >= 15 is 0 Å². The van der Waals surface area contributed by atoms with E-state index in [0.29, 0.717) is 36.7 Å². The highest BCUT2D eigenvalue weighted by atomic mass is 32.1. The van der Waals surface area contributed by atoms with Crippen molar-refractivity contribution in [2.75, 3.05) is 18.5 Å². The van der Waals surface area contributed by atoms with Gasteiger partial charge in [-0.25, -0.2) is 4.79 Å². The van der Waals surface area contributed by atoms with Crippen LogP contribution >= 0.6 is 11.3 Å². The molecule has 31 heavy (non-hydrogen) atoms. The third-order valence-electron chi connectivity index (χ3n) is 5.26. The third-order valence-corrected chi connectivity index (χ3v) is 6.39. The second-order valence-electron chi connectivity index (χ2n) is 7.35. The van der Waals surface area contributed by atoms with Gasteiger partial charge in [-0.3, -0.25) is 9.59 Å². The number of nitrogens with one attached hydrogen (secondary N) is 1. The predicted octanol–water partition coefficient (Wildman–Crippen LogP) is 3.70. The van der Waals surface area contributed by atoms with Gasteiger partial charge < -0.3 is 20.7 Å². The van der Waals surface area contributed by atoms with Gasteiger partial charge in [0, 0.05) is 11.4 Å². The molecular weight excluding hydrogens is 414 g/mol. The largest absolute Gasteiger partial charge is 0.450 e. The average Bonchev–Trinajstić information content (AvgIpc) is 3.10. The maximum absolute atomic E-state index is 12.7. The molecule has 0 bridgehead atoms. The van der Waals surface area contributed by atoms with Gasteiger partial charge in [0.05, 0.1) is 25.1 Å². The van der Waals surface area contributed by atoms with E-state index in [2.05, 4.69) is 5.32 Å². The number of ether oxygens (including phenoxy) is 1. The molecule has 0 radical (unpaired) electrons. The highest BCUT2D eigenvalue weighted by Gasteiger charge is 2.30. The van der Waals surface area contributed by atoms with Gasteiger partial charge in [0.25, 0.3) is 5.91 Å². The summed E-state index contributed by atoms with van der Waals surface area (Å²) < 4.78 is 5.07. The Hall–Kier alpha value is -3.39. The zero-order valence-corrected chi connectivity index (χ0v) is 18.0. The number of fused-ring (bicyclic) bond motifs is 2. The van der Waals surface area contributed by atoms with Gasteiger partial charge in [0.15, 0.2) is 0 Å². The number of nitrogens with two attached hydrogens (primary N) is 1. The zero-order valence-electron chi connectivity index (χ0n) is 17.1. The minimum Gasteiger partial charge on any atom is -0.450 e. The smallest absolute Gasteiger partial charge is 0.410 e. The number of thiophene rings is 1. The quantitative estimate of drug-likeness (QED) is 0.635. The summed E-state index contributed by atoms with van der Waals surface area (Å²) in [6.45, 7) is 2.83. The Morgan fingerprint density at radius 1 is 1.16 bits per heavy atom. The van der Waals surface area contributed by atoms with Crippen LogP contribution in [-0.2, 0) is 28.9 Å². The standard InChI is InChI=1S/C23H23N3O4S/c1-2-30-23(29)26-10-9-17-18(13-26)31-22(20(17)21(24)28)25-19(27)12-14-7-8-15-5-3-4-6-16(15)11-14/h3-8,11H,2,9-10,12-13H2,1H3,(H2,24,28)(H,25,27). The van der Waals surface area contributed by atoms with E-state index in [1.54, 1.807) is 11.8 Å². The summed E-state index contributed by atoms with van der Waals surface area (Å²) in [5.74, 6) is -0.804. The van der Waals surface area contributed by atoms with Gasteiger partial charge in [-0.1, -0.05) is 42.5 Å². The fourth-order valence-corrected chi connectivity index (χ4v) is 5.11. The molecule has 1 aliphatic heterocycles. The molecule has 0 saturated carbocycles. The first kappa shape index (κ1) is 20.9. The Balaban J connectivity index is 1.53. The number of anilines is 1. The molecule has 3 N–H and O–H groups in total. The van der Waals surface area contributed by atoms with Crippen LogP contribution in [0.1, 0.15) is 33.3 Å². The lowest BCUT2D eigenvalue weighted by Crippen LogP contribution is -2.36. The zero-order chi connectivity index (χ0) is 22.0. The van der Waals surface area contributed by atoms with Crippen molar-refractivity contribution in [3.63, 3.8) is 0 Å². The first-order valence-corrected chi connectivity index (χ1v) is 10.9. The summed E-state index contributed by atoms with van der Waals surface area (Å²) in [5, 5.41) is 5.47. The summed E-state index contributed by atoms with van der Waals surface area (Å²) in [5.41, 5.74) is 7.66. The SMILES string of the molecule is CCOC(=O)N1CCc2c(sc(NC(=O)Cc3ccc4ccccc4c3)c2C(N)=O)C1. The molecule has 3 aromatic rings. The Labute approximate surface area is 183 Å². The highest BCUT2D eigenvalue weighted by Crippen LogP contribution is 2.37. The molecule has 3 amide bonds. The lowest BCUT2D eigenvalue weighted by Gasteiger charge is -2.26. The Bertz CT molecular complexity index is 1170. The van der Waals surface area contributed by atoms with Gasteiger partial charge >= 0.3 is 6.09 Å². The molecule has 0 unspecified atom stereocenters. The van der Waals surface area contributed by atoms with Gasteiger partial charge in [0.2, 0.25) is 5.91 Å². The van der Waals surface area contributed by atoms with Gasteiger partial charge in [-0.05, 0) is 35.2 Å². The molecule has 0 saturated heterocycles. The molecule has 0 fully saturated rings. The topological polar surface area (TPSA) is 102 Å². The molecular formula is C23H23N3O4S. The predicted molar refractivity (Wildman–Crippen MR) is 120 cm³/mol. The number of amides is 3. The monoisotopic (exact) mass is 437 g/mol. The van der Waals surface area contributed by atoms with Crippen molar-refractivity contribution in [2.45, 2.75) is 26.3 Å². The second kappa shape index (κ2) is 8.77. The Morgan fingerprint density at radius 2 is 1.94 bits per heavy atom. The molecule has 2 heterocycles. The van der Waals surface area contributed by atoms with Crippen LogP contribution in [0.2, 0.25) is 0 Å². The van der Waals surface area contributed by atoms with E-state index in [-0.39, 0.29) is 18.4 Å². The Morgan fingerprint density at radius 3 is 2.68 bits per heavy atom. The molecule has 2 aromatic carbocycles. The van der Waals surface area contributed by atoms with Gasteiger partial charge in [0.1, 0.15) is 5.00 Å². The second-order valence-corrected chi connectivity index (χ2v) is 8.45. The third kappa shape index (κ3) is 4.39. The summed E-state index contributed by atoms with van der Waals surface area (Å²) in [6, 6.07) is 13.9. The number of carbonyl (C=O) groups is 3. The molecule has 1 aromatic heterocycles. The lowest BCUT2D eigenvalue weighted by atomic mass is 10.0. The van der Waals surface area contributed by atoms with Crippen molar-refractivity contribution < 1.29 is 19.1 Å². The maximum Gasteiger partial charge on any atom is 0.410 e. The summed E-state index contributed by atoms with van der Waals surface area (Å²) in [4.78, 5) is 39.3. The summed E-state index contributed by atoms with van der Waals surface area (Å²) in [6.07, 6.45) is 0.286. The fraction of sp³-hybridized carbons (Fsp3) is 0.261. The molecule has 4 rings (SSSR count). The normalized spacial score (nSPS) is 13.0. The number of rotatable bonds is 5. The van der Waals surface area contributed by atoms with Crippen molar-refractivity contribution in [3.05, 3.63) is 64.0 Å². The van der Waals surface area contributed by atoms with E-state index < -0.39 is 5.91 Å². The molecule has 1 aliphatic rings. The van der Waals surface area contributed by atoms with Crippen LogP contribution in [0.15, 0.2) is 42.5 Å². The Kier molecular flexibility index (Phi) is 5.90. The highest BCUT2D eigenvalue weighted by molar-refractivity contribution is 7.17. The van der Waals surface area contributed by atoms with Crippen molar-refractivity contribution in [2.24, 2.45) is 5.73 Å². The maximum atomic E-state index is 12.7. The minimum atomic E-state index is -0.580. The number of carbonyl (C=O) groups excluding carboxylic acids is 3. The number of primary amides is 1. The van der Waals surface area contributed by atoms with Gasteiger partial charge in [-0.15, -0.1) is 11.3 Å². The number of nitrogens with zero attached hydrogens (tertiary/aromatic N) is 1. The van der Waals surface area contributed by atoms with E-state index in [1.165, 1.54) is 11.3 Å². The minimum absolute atomic E-state index is 0.181. The van der Waals surface area contributed by atoms with Crippen molar-refractivity contribution in [3.8, 4) is 0 Å². The van der Waals surface area contributed by atoms with Crippen LogP contribution in [0.4, 0.5) is 9.80 Å². The van der Waals surface area contributed by atoms with E-state index in [1.807, 2.05) is 42.5 Å². The van der Waals surface area contributed by atoms with Crippen molar-refractivity contribution in [1.82, 2.24) is 4.90 Å². The lowest BCUT2D eigenvalue weighted by molar-refractivity contribution is -0.115. The van der Waals surface area contributed by atoms with Crippen LogP contribution in [0, 0.1) is 0 Å². The summed E-state index contributed by atoms with van der Waals surface area (Å²) in [7, 11) is 0. The molecule has 0 atom stereocenters. The average molecular weight is 438 g/mol.